The molecule has 27 heavy (non-hydrogen) atoms. The van der Waals surface area contributed by atoms with Crippen LogP contribution in [0.4, 0.5) is 0 Å². The Hall–Kier alpha value is -3.96. The molecule has 0 spiro atoms. The monoisotopic (exact) mass is 381 g/mol. The van der Waals surface area contributed by atoms with Gasteiger partial charge in [-0.05, 0) is 0 Å². The molecule has 0 bridgehead atoms. The summed E-state index contributed by atoms with van der Waals surface area (Å²) in [4.78, 5) is 70.0. The first-order valence-electron chi connectivity index (χ1n) is 7.06. The standard InChI is InChI=1S/C15H15N3O9/c1-7(10(19)20)4-16-13(25)17(5-8(2)11(21)22)15(27)18(14(16)26)6-9(3)12(23)24/h1-6H2,(H,19,20)(H,21,22)(H,23,24). The molecule has 1 heterocycles. The van der Waals surface area contributed by atoms with Crippen molar-refractivity contribution in [2.24, 2.45) is 0 Å². The van der Waals surface area contributed by atoms with Gasteiger partial charge in [0.05, 0.1) is 19.6 Å². The fourth-order valence-electron chi connectivity index (χ4n) is 1.86. The number of rotatable bonds is 9. The highest BCUT2D eigenvalue weighted by atomic mass is 16.4. The summed E-state index contributed by atoms with van der Waals surface area (Å²) in [5, 5.41) is 26.6. The molecule has 12 heteroatoms. The Labute approximate surface area is 149 Å². The van der Waals surface area contributed by atoms with Gasteiger partial charge in [-0.3, -0.25) is 0 Å². The molecule has 0 fully saturated rings. The van der Waals surface area contributed by atoms with Gasteiger partial charge in [-0.1, -0.05) is 19.7 Å². The van der Waals surface area contributed by atoms with Crippen LogP contribution in [0.2, 0.25) is 0 Å². The Morgan fingerprint density at radius 2 is 0.778 bits per heavy atom. The second kappa shape index (κ2) is 7.95. The van der Waals surface area contributed by atoms with Crippen molar-refractivity contribution in [3.05, 3.63) is 67.9 Å². The van der Waals surface area contributed by atoms with Crippen molar-refractivity contribution in [2.45, 2.75) is 19.6 Å². The first-order valence-corrected chi connectivity index (χ1v) is 7.06. The lowest BCUT2D eigenvalue weighted by Gasteiger charge is -2.14. The van der Waals surface area contributed by atoms with E-state index in [-0.39, 0.29) is 0 Å². The molecule has 0 aliphatic carbocycles. The van der Waals surface area contributed by atoms with E-state index >= 15 is 0 Å². The second-order valence-electron chi connectivity index (χ2n) is 5.33. The van der Waals surface area contributed by atoms with Crippen molar-refractivity contribution in [2.75, 3.05) is 0 Å². The smallest absolute Gasteiger partial charge is 0.336 e. The second-order valence-corrected chi connectivity index (χ2v) is 5.33. The Balaban J connectivity index is 3.74. The maximum Gasteiger partial charge on any atom is 0.336 e. The lowest BCUT2D eigenvalue weighted by Crippen LogP contribution is -2.55. The van der Waals surface area contributed by atoms with Crippen LogP contribution in [0.1, 0.15) is 0 Å². The zero-order valence-electron chi connectivity index (χ0n) is 13.9. The van der Waals surface area contributed by atoms with Gasteiger partial charge in [0.1, 0.15) is 0 Å². The molecule has 3 N–H and O–H groups in total. The quantitative estimate of drug-likeness (QED) is 0.412. The SMILES string of the molecule is C=C(Cn1c(=O)n(CC(=C)C(=O)O)c(=O)n(CC(=C)C(=O)O)c1=O)C(=O)O. The minimum atomic E-state index is -1.52. The molecule has 0 aliphatic rings. The summed E-state index contributed by atoms with van der Waals surface area (Å²) >= 11 is 0. The molecular formula is C15H15N3O9. The molecule has 0 saturated carbocycles. The van der Waals surface area contributed by atoms with Crippen LogP contribution in [0.5, 0.6) is 0 Å². The van der Waals surface area contributed by atoms with Crippen molar-refractivity contribution >= 4 is 17.9 Å². The van der Waals surface area contributed by atoms with Crippen LogP contribution in [0.25, 0.3) is 0 Å². The average molecular weight is 381 g/mol. The molecule has 0 unspecified atom stereocenters. The van der Waals surface area contributed by atoms with Gasteiger partial charge in [0, 0.05) is 16.7 Å². The predicted molar refractivity (Wildman–Crippen MR) is 89.5 cm³/mol. The summed E-state index contributed by atoms with van der Waals surface area (Å²) in [5.74, 6) is -4.55. The van der Waals surface area contributed by atoms with E-state index in [2.05, 4.69) is 19.7 Å². The van der Waals surface area contributed by atoms with Crippen LogP contribution >= 0.6 is 0 Å². The van der Waals surface area contributed by atoms with Crippen LogP contribution < -0.4 is 17.1 Å². The van der Waals surface area contributed by atoms with Gasteiger partial charge >= 0.3 is 35.0 Å². The number of carboxylic acid groups (broad SMARTS) is 3. The van der Waals surface area contributed by atoms with E-state index in [9.17, 15) is 28.8 Å². The average Bonchev–Trinajstić information content (AvgIpc) is 2.58. The minimum Gasteiger partial charge on any atom is -0.478 e. The van der Waals surface area contributed by atoms with Crippen molar-refractivity contribution in [1.29, 1.82) is 0 Å². The predicted octanol–water partition coefficient (Wildman–Crippen LogP) is -1.91. The summed E-state index contributed by atoms with van der Waals surface area (Å²) < 4.78 is 0.965. The Morgan fingerprint density at radius 1 is 0.593 bits per heavy atom. The number of carboxylic acids is 3. The third-order valence-electron chi connectivity index (χ3n) is 3.34. The summed E-state index contributed by atoms with van der Waals surface area (Å²) in [5.41, 5.74) is -5.61. The van der Waals surface area contributed by atoms with Gasteiger partial charge in [0.15, 0.2) is 0 Å². The molecule has 1 aromatic heterocycles. The molecule has 1 aromatic rings. The maximum atomic E-state index is 12.4. The summed E-state index contributed by atoms with van der Waals surface area (Å²) in [6, 6.07) is 0. The van der Waals surface area contributed by atoms with E-state index < -0.39 is 71.3 Å². The topological polar surface area (TPSA) is 178 Å². The Kier molecular flexibility index (Phi) is 6.21. The number of aromatic nitrogens is 3. The highest BCUT2D eigenvalue weighted by molar-refractivity contribution is 5.86. The van der Waals surface area contributed by atoms with Crippen LogP contribution in [-0.2, 0) is 34.0 Å². The fourth-order valence-corrected chi connectivity index (χ4v) is 1.86. The number of aliphatic carboxylic acids is 3. The van der Waals surface area contributed by atoms with Gasteiger partial charge in [0.25, 0.3) is 0 Å². The lowest BCUT2D eigenvalue weighted by atomic mass is 10.3. The summed E-state index contributed by atoms with van der Waals surface area (Å²) in [6.45, 7) is 7.08. The largest absolute Gasteiger partial charge is 0.478 e. The number of hydrogen-bond donors (Lipinski definition) is 3. The maximum absolute atomic E-state index is 12.4. The minimum absolute atomic E-state index is 0.322. The molecule has 0 aliphatic heterocycles. The highest BCUT2D eigenvalue weighted by Gasteiger charge is 2.20. The van der Waals surface area contributed by atoms with Crippen molar-refractivity contribution < 1.29 is 29.7 Å². The van der Waals surface area contributed by atoms with Gasteiger partial charge in [-0.25, -0.2) is 42.5 Å². The van der Waals surface area contributed by atoms with Crippen molar-refractivity contribution in [1.82, 2.24) is 13.7 Å². The molecule has 1 rings (SSSR count). The molecule has 0 aromatic carbocycles. The molecule has 12 nitrogen and oxygen atoms in total. The van der Waals surface area contributed by atoms with Crippen LogP contribution in [0.3, 0.4) is 0 Å². The molecule has 144 valence electrons. The fraction of sp³-hybridized carbons (Fsp3) is 0.200. The van der Waals surface area contributed by atoms with E-state index in [1.807, 2.05) is 0 Å². The van der Waals surface area contributed by atoms with Gasteiger partial charge in [-0.2, -0.15) is 0 Å². The van der Waals surface area contributed by atoms with Gasteiger partial charge in [-0.15, -0.1) is 0 Å². The van der Waals surface area contributed by atoms with Gasteiger partial charge in [0.2, 0.25) is 0 Å². The molecule has 0 amide bonds. The van der Waals surface area contributed by atoms with E-state index in [4.69, 9.17) is 15.3 Å². The third-order valence-corrected chi connectivity index (χ3v) is 3.34. The third kappa shape index (κ3) is 4.56. The Morgan fingerprint density at radius 3 is 0.926 bits per heavy atom. The number of carbonyl (C=O) groups is 3. The highest BCUT2D eigenvalue weighted by Crippen LogP contribution is 1.96. The first kappa shape index (κ1) is 21.1. The van der Waals surface area contributed by atoms with Gasteiger partial charge < -0.3 is 15.3 Å². The van der Waals surface area contributed by atoms with Crippen LogP contribution in [0, 0.1) is 0 Å². The van der Waals surface area contributed by atoms with E-state index in [1.165, 1.54) is 0 Å². The van der Waals surface area contributed by atoms with Crippen LogP contribution in [0.15, 0.2) is 50.8 Å². The molecule has 0 saturated heterocycles. The van der Waals surface area contributed by atoms with E-state index in [0.29, 0.717) is 13.7 Å². The normalized spacial score (nSPS) is 10.2. The van der Waals surface area contributed by atoms with E-state index in [1.54, 1.807) is 0 Å². The molecule has 0 atom stereocenters. The Bertz CT molecular complexity index is 888. The van der Waals surface area contributed by atoms with Crippen LogP contribution in [-0.4, -0.2) is 46.9 Å². The zero-order valence-corrected chi connectivity index (χ0v) is 13.9. The molecule has 0 radical (unpaired) electrons. The lowest BCUT2D eigenvalue weighted by molar-refractivity contribution is -0.133. The summed E-state index contributed by atoms with van der Waals surface area (Å²) in [6.07, 6.45) is 0. The van der Waals surface area contributed by atoms with Crippen molar-refractivity contribution in [3.8, 4) is 0 Å². The number of nitrogens with zero attached hydrogens (tertiary/aromatic N) is 3. The summed E-state index contributed by atoms with van der Waals surface area (Å²) in [7, 11) is 0. The van der Waals surface area contributed by atoms with E-state index in [0.717, 1.165) is 0 Å². The van der Waals surface area contributed by atoms with Crippen molar-refractivity contribution in [3.63, 3.8) is 0 Å². The zero-order chi connectivity index (χ0) is 21.0. The number of hydrogen-bond acceptors (Lipinski definition) is 6. The molecular weight excluding hydrogens is 366 g/mol. The first-order chi connectivity index (χ1) is 12.4.